The zero-order chi connectivity index (χ0) is 21.6. The molecule has 0 atom stereocenters. The lowest BCUT2D eigenvalue weighted by molar-refractivity contribution is 0.370. The molecule has 2 aliphatic heterocycles. The van der Waals surface area contributed by atoms with Gasteiger partial charge in [-0.2, -0.15) is 0 Å². The fourth-order valence-electron chi connectivity index (χ4n) is 4.05. The summed E-state index contributed by atoms with van der Waals surface area (Å²) >= 11 is 1.72. The Morgan fingerprint density at radius 3 is 2.61 bits per heavy atom. The first kappa shape index (κ1) is 21.8. The largest absolute Gasteiger partial charge is 0.366 e. The lowest BCUT2D eigenvalue weighted by atomic mass is 10.2. The van der Waals surface area contributed by atoms with E-state index in [9.17, 15) is 8.78 Å². The molecule has 168 valence electrons. The van der Waals surface area contributed by atoms with Crippen LogP contribution in [0.1, 0.15) is 25.5 Å². The molecule has 1 aromatic heterocycles. The van der Waals surface area contributed by atoms with E-state index in [2.05, 4.69) is 27.4 Å². The number of rotatable bonds is 6. The third-order valence-electron chi connectivity index (χ3n) is 5.71. The summed E-state index contributed by atoms with van der Waals surface area (Å²) < 4.78 is 27.6. The lowest BCUT2D eigenvalue weighted by Crippen LogP contribution is -2.52. The van der Waals surface area contributed by atoms with Gasteiger partial charge < -0.3 is 20.0 Å². The maximum absolute atomic E-state index is 14.1. The molecular formula is C22H30F2N6S. The van der Waals surface area contributed by atoms with Crippen molar-refractivity contribution in [2.24, 2.45) is 4.99 Å². The van der Waals surface area contributed by atoms with Crippen molar-refractivity contribution in [2.45, 2.75) is 26.2 Å². The highest BCUT2D eigenvalue weighted by molar-refractivity contribution is 7.13. The van der Waals surface area contributed by atoms with Gasteiger partial charge in [0.25, 0.3) is 0 Å². The van der Waals surface area contributed by atoms with Gasteiger partial charge in [-0.05, 0) is 31.9 Å². The van der Waals surface area contributed by atoms with Gasteiger partial charge in [-0.15, -0.1) is 11.3 Å². The molecule has 6 nitrogen and oxygen atoms in total. The van der Waals surface area contributed by atoms with E-state index < -0.39 is 5.82 Å². The minimum Gasteiger partial charge on any atom is -0.366 e. The highest BCUT2D eigenvalue weighted by atomic mass is 32.1. The van der Waals surface area contributed by atoms with Crippen molar-refractivity contribution in [1.82, 2.24) is 15.2 Å². The van der Waals surface area contributed by atoms with Crippen LogP contribution in [0.25, 0.3) is 0 Å². The number of anilines is 2. The molecule has 2 aromatic rings. The SMILES string of the molecule is CCNC(=NCCc1csc(N2CCCC2)n1)N1CCN(c2cc(F)ccc2F)CC1. The topological polar surface area (TPSA) is 47.0 Å². The predicted octanol–water partition coefficient (Wildman–Crippen LogP) is 3.35. The van der Waals surface area contributed by atoms with Gasteiger partial charge in [0.05, 0.1) is 11.4 Å². The Morgan fingerprint density at radius 1 is 1.10 bits per heavy atom. The summed E-state index contributed by atoms with van der Waals surface area (Å²) in [5.74, 6) is 0.0764. The number of benzene rings is 1. The van der Waals surface area contributed by atoms with E-state index in [4.69, 9.17) is 9.98 Å². The number of hydrogen-bond donors (Lipinski definition) is 1. The van der Waals surface area contributed by atoms with Gasteiger partial charge in [0, 0.05) is 70.2 Å². The van der Waals surface area contributed by atoms with E-state index >= 15 is 0 Å². The first-order valence-corrected chi connectivity index (χ1v) is 11.9. The number of halogens is 2. The number of hydrogen-bond acceptors (Lipinski definition) is 5. The van der Waals surface area contributed by atoms with Crippen molar-refractivity contribution in [3.05, 3.63) is 40.9 Å². The Hall–Kier alpha value is -2.42. The van der Waals surface area contributed by atoms with Crippen LogP contribution in [0.15, 0.2) is 28.6 Å². The average molecular weight is 449 g/mol. The molecule has 2 aliphatic rings. The van der Waals surface area contributed by atoms with Gasteiger partial charge in [0.15, 0.2) is 11.1 Å². The second-order valence-corrected chi connectivity index (χ2v) is 8.71. The summed E-state index contributed by atoms with van der Waals surface area (Å²) in [5, 5.41) is 6.63. The summed E-state index contributed by atoms with van der Waals surface area (Å²) in [6.07, 6.45) is 3.32. The number of nitrogens with one attached hydrogen (secondary N) is 1. The van der Waals surface area contributed by atoms with Crippen LogP contribution in [0.3, 0.4) is 0 Å². The normalized spacial score (nSPS) is 17.5. The Labute approximate surface area is 186 Å². The fraction of sp³-hybridized carbons (Fsp3) is 0.545. The van der Waals surface area contributed by atoms with Gasteiger partial charge in [0.1, 0.15) is 11.6 Å². The molecular weight excluding hydrogens is 418 g/mol. The zero-order valence-corrected chi connectivity index (χ0v) is 18.8. The van der Waals surface area contributed by atoms with Gasteiger partial charge in [-0.1, -0.05) is 0 Å². The molecule has 0 unspecified atom stereocenters. The molecule has 0 bridgehead atoms. The maximum atomic E-state index is 14.1. The summed E-state index contributed by atoms with van der Waals surface area (Å²) in [5.41, 5.74) is 1.43. The number of aromatic nitrogens is 1. The second-order valence-electron chi connectivity index (χ2n) is 7.87. The van der Waals surface area contributed by atoms with Crippen LogP contribution < -0.4 is 15.1 Å². The van der Waals surface area contributed by atoms with E-state index in [0.29, 0.717) is 38.4 Å². The lowest BCUT2D eigenvalue weighted by Gasteiger charge is -2.37. The molecule has 0 saturated carbocycles. The van der Waals surface area contributed by atoms with Crippen molar-refractivity contribution in [3.8, 4) is 0 Å². The summed E-state index contributed by atoms with van der Waals surface area (Å²) in [6, 6.07) is 3.62. The molecule has 2 saturated heterocycles. The molecule has 0 aliphatic carbocycles. The Bertz CT molecular complexity index is 888. The first-order chi connectivity index (χ1) is 15.1. The molecule has 9 heteroatoms. The summed E-state index contributed by atoms with van der Waals surface area (Å²) in [7, 11) is 0. The predicted molar refractivity (Wildman–Crippen MR) is 123 cm³/mol. The first-order valence-electron chi connectivity index (χ1n) is 11.1. The van der Waals surface area contributed by atoms with Gasteiger partial charge in [-0.25, -0.2) is 13.8 Å². The molecule has 0 radical (unpaired) electrons. The smallest absolute Gasteiger partial charge is 0.194 e. The standard InChI is InChI=1S/C22H30F2N6S/c1-2-25-21(26-8-7-18-16-31-22(27-18)30-9-3-4-10-30)29-13-11-28(12-14-29)20-15-17(23)5-6-19(20)24/h5-6,15-16H,2-4,7-14H2,1H3,(H,25,26). The van der Waals surface area contributed by atoms with E-state index in [1.165, 1.54) is 25.0 Å². The number of guanidine groups is 1. The Morgan fingerprint density at radius 2 is 1.87 bits per heavy atom. The number of aliphatic imine (C=N–C) groups is 1. The molecule has 31 heavy (non-hydrogen) atoms. The second kappa shape index (κ2) is 10.3. The van der Waals surface area contributed by atoms with Crippen molar-refractivity contribution in [1.29, 1.82) is 0 Å². The number of piperazine rings is 1. The molecule has 2 fully saturated rings. The van der Waals surface area contributed by atoms with Crippen LogP contribution in [0.4, 0.5) is 19.6 Å². The van der Waals surface area contributed by atoms with E-state index in [1.54, 1.807) is 11.3 Å². The van der Waals surface area contributed by atoms with Crippen LogP contribution in [-0.4, -0.2) is 68.2 Å². The van der Waals surface area contributed by atoms with Crippen LogP contribution >= 0.6 is 11.3 Å². The molecule has 1 N–H and O–H groups in total. The number of nitrogens with zero attached hydrogens (tertiary/aromatic N) is 5. The van der Waals surface area contributed by atoms with Crippen LogP contribution in [-0.2, 0) is 6.42 Å². The van der Waals surface area contributed by atoms with E-state index in [-0.39, 0.29) is 5.82 Å². The Kier molecular flexibility index (Phi) is 7.21. The quantitative estimate of drug-likeness (QED) is 0.543. The monoisotopic (exact) mass is 448 g/mol. The molecule has 0 amide bonds. The fourth-order valence-corrected chi connectivity index (χ4v) is 4.97. The van der Waals surface area contributed by atoms with Crippen LogP contribution in [0, 0.1) is 11.6 Å². The minimum atomic E-state index is -0.413. The molecule has 1 aromatic carbocycles. The highest BCUT2D eigenvalue weighted by Gasteiger charge is 2.22. The summed E-state index contributed by atoms with van der Waals surface area (Å²) in [4.78, 5) is 16.0. The van der Waals surface area contributed by atoms with Gasteiger partial charge >= 0.3 is 0 Å². The van der Waals surface area contributed by atoms with Gasteiger partial charge in [0.2, 0.25) is 0 Å². The average Bonchev–Trinajstić information content (AvgIpc) is 3.47. The van der Waals surface area contributed by atoms with Crippen molar-refractivity contribution in [2.75, 3.05) is 62.2 Å². The molecule has 4 rings (SSSR count). The third-order valence-corrected chi connectivity index (χ3v) is 6.66. The van der Waals surface area contributed by atoms with E-state index in [0.717, 1.165) is 48.9 Å². The Balaban J connectivity index is 1.32. The molecule has 3 heterocycles. The van der Waals surface area contributed by atoms with Gasteiger partial charge in [-0.3, -0.25) is 4.99 Å². The van der Waals surface area contributed by atoms with Crippen LogP contribution in [0.2, 0.25) is 0 Å². The zero-order valence-electron chi connectivity index (χ0n) is 18.0. The minimum absolute atomic E-state index is 0.332. The summed E-state index contributed by atoms with van der Waals surface area (Å²) in [6.45, 7) is 8.39. The van der Waals surface area contributed by atoms with E-state index in [1.807, 2.05) is 4.90 Å². The van der Waals surface area contributed by atoms with Crippen LogP contribution in [0.5, 0.6) is 0 Å². The van der Waals surface area contributed by atoms with Crippen molar-refractivity contribution < 1.29 is 8.78 Å². The maximum Gasteiger partial charge on any atom is 0.194 e. The van der Waals surface area contributed by atoms with Crippen molar-refractivity contribution >= 4 is 28.1 Å². The highest BCUT2D eigenvalue weighted by Crippen LogP contribution is 2.25. The third kappa shape index (κ3) is 5.44. The van der Waals surface area contributed by atoms with Crippen molar-refractivity contribution in [3.63, 3.8) is 0 Å². The molecule has 0 spiro atoms. The number of thiazole rings is 1.